The average Bonchev–Trinajstić information content (AvgIpc) is 2.64. The molecule has 1 heterocycles. The van der Waals surface area contributed by atoms with Crippen molar-refractivity contribution in [1.29, 1.82) is 0 Å². The minimum atomic E-state index is -1.11. The third kappa shape index (κ3) is 11.6. The van der Waals surface area contributed by atoms with E-state index >= 15 is 0 Å². The van der Waals surface area contributed by atoms with E-state index in [1.165, 1.54) is 32.1 Å². The van der Waals surface area contributed by atoms with Gasteiger partial charge in [0.25, 0.3) is 0 Å². The highest BCUT2D eigenvalue weighted by Gasteiger charge is 2.37. The fourth-order valence-corrected chi connectivity index (χ4v) is 3.29. The highest BCUT2D eigenvalue weighted by molar-refractivity contribution is 5.85. The summed E-state index contributed by atoms with van der Waals surface area (Å²) in [5, 5.41) is 32.8. The van der Waals surface area contributed by atoms with Gasteiger partial charge in [0.2, 0.25) is 0 Å². The van der Waals surface area contributed by atoms with Crippen molar-refractivity contribution >= 4 is 12.4 Å². The van der Waals surface area contributed by atoms with Crippen LogP contribution in [0.1, 0.15) is 71.6 Å². The summed E-state index contributed by atoms with van der Waals surface area (Å²) >= 11 is 0. The fraction of sp³-hybridized carbons (Fsp3) is 1.00. The van der Waals surface area contributed by atoms with Gasteiger partial charge in [-0.05, 0) is 19.3 Å². The Balaban J connectivity index is 0.00000676. The third-order valence-electron chi connectivity index (χ3n) is 5.06. The lowest BCUT2D eigenvalue weighted by Gasteiger charge is -2.37. The summed E-state index contributed by atoms with van der Waals surface area (Å²) in [7, 11) is 0. The van der Waals surface area contributed by atoms with Crippen LogP contribution in [0.4, 0.5) is 0 Å². The number of ether oxygens (including phenoxy) is 2. The molecule has 7 heteroatoms. The first-order valence-electron chi connectivity index (χ1n) is 10.6. The second-order valence-corrected chi connectivity index (χ2v) is 7.49. The normalized spacial score (nSPS) is 26.6. The third-order valence-corrected chi connectivity index (χ3v) is 5.06. The number of hydrogen-bond donors (Lipinski definition) is 4. The SMILES string of the molecule is CCCCCCOC[C@@H](C[C@H]1NC[C@@H](O)[C@H](O)[C@H]1O)OCCCCCC.Cl. The maximum absolute atomic E-state index is 10.2. The summed E-state index contributed by atoms with van der Waals surface area (Å²) in [4.78, 5) is 0. The largest absolute Gasteiger partial charge is 0.389 e. The van der Waals surface area contributed by atoms with Crippen LogP contribution in [0.15, 0.2) is 0 Å². The number of halogens is 1. The van der Waals surface area contributed by atoms with Crippen LogP contribution < -0.4 is 5.32 Å². The zero-order valence-electron chi connectivity index (χ0n) is 17.1. The molecule has 4 N–H and O–H groups in total. The second-order valence-electron chi connectivity index (χ2n) is 7.49. The Hall–Kier alpha value is 0.0500. The maximum Gasteiger partial charge on any atom is 0.108 e. The van der Waals surface area contributed by atoms with E-state index in [9.17, 15) is 15.3 Å². The summed E-state index contributed by atoms with van der Waals surface area (Å²) in [6.45, 7) is 6.59. The molecular formula is C20H42ClNO5. The molecule has 0 spiro atoms. The van der Waals surface area contributed by atoms with Crippen LogP contribution in [0.2, 0.25) is 0 Å². The number of unbranched alkanes of at least 4 members (excludes halogenated alkanes) is 6. The van der Waals surface area contributed by atoms with Crippen molar-refractivity contribution in [2.45, 2.75) is 102 Å². The Kier molecular flexibility index (Phi) is 17.0. The van der Waals surface area contributed by atoms with Crippen LogP contribution in [0.5, 0.6) is 0 Å². The van der Waals surface area contributed by atoms with Gasteiger partial charge in [0, 0.05) is 25.8 Å². The molecule has 5 atom stereocenters. The van der Waals surface area contributed by atoms with E-state index in [0.29, 0.717) is 19.6 Å². The standard InChI is InChI=1S/C20H41NO5.ClH/c1-3-5-7-9-11-25-15-16(26-12-10-8-6-4-2)13-17-19(23)20(24)18(22)14-21-17;/h16-24H,3-15H2,1-2H3;1H/t16-,17-,18-,19+,20+;/m1./s1. The van der Waals surface area contributed by atoms with Gasteiger partial charge in [-0.3, -0.25) is 0 Å². The summed E-state index contributed by atoms with van der Waals surface area (Å²) in [5.41, 5.74) is 0. The highest BCUT2D eigenvalue weighted by Crippen LogP contribution is 2.17. The molecule has 1 saturated heterocycles. The van der Waals surface area contributed by atoms with Gasteiger partial charge in [0.1, 0.15) is 6.10 Å². The minimum Gasteiger partial charge on any atom is -0.389 e. The molecule has 164 valence electrons. The van der Waals surface area contributed by atoms with Gasteiger partial charge >= 0.3 is 0 Å². The van der Waals surface area contributed by atoms with Gasteiger partial charge in [-0.2, -0.15) is 0 Å². The molecule has 1 fully saturated rings. The molecule has 0 saturated carbocycles. The van der Waals surface area contributed by atoms with Crippen LogP contribution in [0.3, 0.4) is 0 Å². The minimum absolute atomic E-state index is 0. The summed E-state index contributed by atoms with van der Waals surface area (Å²) in [6, 6.07) is -0.294. The average molecular weight is 412 g/mol. The quantitative estimate of drug-likeness (QED) is 0.309. The molecule has 0 bridgehead atoms. The number of hydrogen-bond acceptors (Lipinski definition) is 6. The van der Waals surface area contributed by atoms with Crippen molar-refractivity contribution in [1.82, 2.24) is 5.32 Å². The Bertz CT molecular complexity index is 337. The first-order valence-corrected chi connectivity index (χ1v) is 10.6. The number of β-amino-alcohol motifs (C(OH)–C–C–N with tert-alkyl or cyclic N) is 1. The second kappa shape index (κ2) is 17.0. The van der Waals surface area contributed by atoms with E-state index in [1.807, 2.05) is 0 Å². The molecule has 0 unspecified atom stereocenters. The van der Waals surface area contributed by atoms with E-state index < -0.39 is 18.3 Å². The van der Waals surface area contributed by atoms with Crippen LogP contribution >= 0.6 is 12.4 Å². The first kappa shape index (κ1) is 27.0. The topological polar surface area (TPSA) is 91.2 Å². The molecule has 6 nitrogen and oxygen atoms in total. The molecule has 0 aromatic carbocycles. The summed E-state index contributed by atoms with van der Waals surface area (Å²) < 4.78 is 11.8. The van der Waals surface area contributed by atoms with Gasteiger partial charge in [0.15, 0.2) is 0 Å². The van der Waals surface area contributed by atoms with Crippen LogP contribution in [0.25, 0.3) is 0 Å². The molecule has 0 radical (unpaired) electrons. The lowest BCUT2D eigenvalue weighted by atomic mass is 9.92. The smallest absolute Gasteiger partial charge is 0.108 e. The summed E-state index contributed by atoms with van der Waals surface area (Å²) in [5.74, 6) is 0. The molecule has 0 aromatic rings. The van der Waals surface area contributed by atoms with E-state index in [0.717, 1.165) is 25.9 Å². The van der Waals surface area contributed by atoms with Crippen LogP contribution in [-0.2, 0) is 9.47 Å². The molecule has 1 aliphatic rings. The Morgan fingerprint density at radius 1 is 0.889 bits per heavy atom. The van der Waals surface area contributed by atoms with Crippen molar-refractivity contribution in [2.24, 2.45) is 0 Å². The number of rotatable bonds is 15. The van der Waals surface area contributed by atoms with E-state index in [4.69, 9.17) is 9.47 Å². The van der Waals surface area contributed by atoms with Crippen molar-refractivity contribution in [2.75, 3.05) is 26.4 Å². The predicted octanol–water partition coefficient (Wildman–Crippen LogP) is 2.42. The number of piperidine rings is 1. The zero-order chi connectivity index (χ0) is 19.2. The fourth-order valence-electron chi connectivity index (χ4n) is 3.29. The van der Waals surface area contributed by atoms with E-state index in [1.54, 1.807) is 0 Å². The molecular weight excluding hydrogens is 370 g/mol. The monoisotopic (exact) mass is 411 g/mol. The Labute approximate surface area is 171 Å². The first-order chi connectivity index (χ1) is 12.6. The molecule has 27 heavy (non-hydrogen) atoms. The van der Waals surface area contributed by atoms with Gasteiger partial charge in [-0.25, -0.2) is 0 Å². The van der Waals surface area contributed by atoms with Crippen molar-refractivity contribution < 1.29 is 24.8 Å². The highest BCUT2D eigenvalue weighted by atomic mass is 35.5. The van der Waals surface area contributed by atoms with Crippen LogP contribution in [0, 0.1) is 0 Å². The maximum atomic E-state index is 10.2. The number of aliphatic hydroxyl groups excluding tert-OH is 3. The number of aliphatic hydroxyl groups is 3. The Morgan fingerprint density at radius 3 is 2.15 bits per heavy atom. The molecule has 0 amide bonds. The van der Waals surface area contributed by atoms with E-state index in [-0.39, 0.29) is 31.1 Å². The lowest BCUT2D eigenvalue weighted by molar-refractivity contribution is -0.107. The number of nitrogens with one attached hydrogen (secondary N) is 1. The molecule has 0 aliphatic carbocycles. The van der Waals surface area contributed by atoms with Gasteiger partial charge < -0.3 is 30.1 Å². The lowest BCUT2D eigenvalue weighted by Crippen LogP contribution is -2.60. The predicted molar refractivity (Wildman–Crippen MR) is 111 cm³/mol. The van der Waals surface area contributed by atoms with Gasteiger partial charge in [0.05, 0.1) is 24.9 Å². The van der Waals surface area contributed by atoms with Crippen LogP contribution in [-0.4, -0.2) is 72.1 Å². The van der Waals surface area contributed by atoms with Crippen molar-refractivity contribution in [3.63, 3.8) is 0 Å². The molecule has 0 aromatic heterocycles. The molecule has 1 aliphatic heterocycles. The van der Waals surface area contributed by atoms with Gasteiger partial charge in [-0.15, -0.1) is 12.4 Å². The summed E-state index contributed by atoms with van der Waals surface area (Å²) in [6.07, 6.45) is 6.72. The Morgan fingerprint density at radius 2 is 1.52 bits per heavy atom. The van der Waals surface area contributed by atoms with E-state index in [2.05, 4.69) is 19.2 Å². The zero-order valence-corrected chi connectivity index (χ0v) is 18.0. The van der Waals surface area contributed by atoms with Gasteiger partial charge in [-0.1, -0.05) is 52.4 Å². The van der Waals surface area contributed by atoms with Crippen molar-refractivity contribution in [3.05, 3.63) is 0 Å². The van der Waals surface area contributed by atoms with Crippen molar-refractivity contribution in [3.8, 4) is 0 Å². The molecule has 1 rings (SSSR count).